The van der Waals surface area contributed by atoms with Crippen LogP contribution in [0.2, 0.25) is 0 Å². The van der Waals surface area contributed by atoms with Gasteiger partial charge in [-0.3, -0.25) is 0 Å². The van der Waals surface area contributed by atoms with E-state index in [1.54, 1.807) is 13.8 Å². The molecule has 0 heterocycles. The maximum Gasteiger partial charge on any atom is 0.190 e. The second-order valence-electron chi connectivity index (χ2n) is 3.26. The molecule has 0 aliphatic rings. The Hall–Kier alpha value is -1.20. The summed E-state index contributed by atoms with van der Waals surface area (Å²) in [6.07, 6.45) is -0.764. The quantitative estimate of drug-likeness (QED) is 0.722. The summed E-state index contributed by atoms with van der Waals surface area (Å²) >= 11 is 0. The van der Waals surface area contributed by atoms with Crippen LogP contribution in [0.1, 0.15) is 25.7 Å². The predicted molar refractivity (Wildman–Crippen MR) is 58.9 cm³/mol. The third-order valence-corrected chi connectivity index (χ3v) is 2.13. The van der Waals surface area contributed by atoms with Crippen LogP contribution in [0, 0.1) is 11.6 Å². The zero-order valence-corrected chi connectivity index (χ0v) is 10.1. The van der Waals surface area contributed by atoms with Gasteiger partial charge in [0.1, 0.15) is 0 Å². The molecule has 17 heavy (non-hydrogen) atoms. The molecule has 0 unspecified atom stereocenters. The van der Waals surface area contributed by atoms with Gasteiger partial charge in [-0.1, -0.05) is 0 Å². The molecule has 96 valence electrons. The Morgan fingerprint density at radius 3 is 1.88 bits per heavy atom. The van der Waals surface area contributed by atoms with Gasteiger partial charge in [-0.05, 0) is 26.0 Å². The number of halogens is 2. The average Bonchev–Trinajstić information content (AvgIpc) is 2.28. The highest BCUT2D eigenvalue weighted by Gasteiger charge is 2.18. The Morgan fingerprint density at radius 2 is 1.53 bits per heavy atom. The molecule has 0 radical (unpaired) electrons. The van der Waals surface area contributed by atoms with E-state index >= 15 is 0 Å². The SMILES string of the molecule is CCOC(OCC)c1cc(F)c(OC)c(F)c1. The van der Waals surface area contributed by atoms with E-state index in [1.807, 2.05) is 0 Å². The van der Waals surface area contributed by atoms with Crippen molar-refractivity contribution in [1.82, 2.24) is 0 Å². The first-order chi connectivity index (χ1) is 8.13. The summed E-state index contributed by atoms with van der Waals surface area (Å²) in [6, 6.07) is 2.30. The zero-order valence-electron chi connectivity index (χ0n) is 10.1. The molecular formula is C12H16F2O3. The van der Waals surface area contributed by atoms with Crippen LogP contribution in [0.15, 0.2) is 12.1 Å². The van der Waals surface area contributed by atoms with Gasteiger partial charge in [0.25, 0.3) is 0 Å². The Labute approximate surface area is 99.3 Å². The van der Waals surface area contributed by atoms with Crippen molar-refractivity contribution in [2.24, 2.45) is 0 Å². The third-order valence-electron chi connectivity index (χ3n) is 2.13. The maximum atomic E-state index is 13.5. The minimum atomic E-state index is -0.771. The molecule has 1 aromatic rings. The van der Waals surface area contributed by atoms with Crippen molar-refractivity contribution in [2.75, 3.05) is 20.3 Å². The molecule has 0 amide bonds. The monoisotopic (exact) mass is 246 g/mol. The Balaban J connectivity index is 3.03. The first-order valence-electron chi connectivity index (χ1n) is 5.40. The average molecular weight is 246 g/mol. The van der Waals surface area contributed by atoms with Crippen molar-refractivity contribution in [2.45, 2.75) is 20.1 Å². The minimum absolute atomic E-state index is 0.296. The molecule has 3 nitrogen and oxygen atoms in total. The van der Waals surface area contributed by atoms with E-state index < -0.39 is 23.7 Å². The molecule has 0 fully saturated rings. The lowest BCUT2D eigenvalue weighted by atomic mass is 10.2. The second kappa shape index (κ2) is 6.51. The lowest BCUT2D eigenvalue weighted by molar-refractivity contribution is -0.140. The summed E-state index contributed by atoms with van der Waals surface area (Å²) in [6.45, 7) is 4.34. The first kappa shape index (κ1) is 13.9. The Morgan fingerprint density at radius 1 is 1.06 bits per heavy atom. The molecule has 0 saturated heterocycles. The van der Waals surface area contributed by atoms with Crippen molar-refractivity contribution in [3.8, 4) is 5.75 Å². The fourth-order valence-electron chi connectivity index (χ4n) is 1.45. The van der Waals surface area contributed by atoms with Crippen LogP contribution in [0.4, 0.5) is 8.78 Å². The minimum Gasteiger partial charge on any atom is -0.491 e. The van der Waals surface area contributed by atoms with Gasteiger partial charge in [0.15, 0.2) is 23.7 Å². The highest BCUT2D eigenvalue weighted by atomic mass is 19.1. The van der Waals surface area contributed by atoms with Gasteiger partial charge >= 0.3 is 0 Å². The molecule has 0 saturated carbocycles. The molecule has 0 atom stereocenters. The number of methoxy groups -OCH3 is 1. The highest BCUT2D eigenvalue weighted by molar-refractivity contribution is 5.31. The summed E-state index contributed by atoms with van der Waals surface area (Å²) in [7, 11) is 1.21. The number of benzene rings is 1. The van der Waals surface area contributed by atoms with Crippen LogP contribution in [0.5, 0.6) is 5.75 Å². The molecule has 0 aliphatic carbocycles. The number of ether oxygens (including phenoxy) is 3. The lowest BCUT2D eigenvalue weighted by Crippen LogP contribution is -2.10. The smallest absolute Gasteiger partial charge is 0.190 e. The lowest BCUT2D eigenvalue weighted by Gasteiger charge is -2.18. The first-order valence-corrected chi connectivity index (χ1v) is 5.40. The summed E-state index contributed by atoms with van der Waals surface area (Å²) in [5, 5.41) is 0. The van der Waals surface area contributed by atoms with E-state index in [4.69, 9.17) is 9.47 Å². The van der Waals surface area contributed by atoms with Crippen molar-refractivity contribution < 1.29 is 23.0 Å². The van der Waals surface area contributed by atoms with E-state index in [1.165, 1.54) is 7.11 Å². The normalized spacial score (nSPS) is 10.9. The Kier molecular flexibility index (Phi) is 5.31. The molecular weight excluding hydrogens is 230 g/mol. The number of hydrogen-bond acceptors (Lipinski definition) is 3. The van der Waals surface area contributed by atoms with Crippen LogP contribution >= 0.6 is 0 Å². The largest absolute Gasteiger partial charge is 0.491 e. The standard InChI is InChI=1S/C12H16F2O3/c1-4-16-12(17-5-2)8-6-9(13)11(15-3)10(14)7-8/h6-7,12H,4-5H2,1-3H3. The van der Waals surface area contributed by atoms with Crippen molar-refractivity contribution in [3.05, 3.63) is 29.3 Å². The third kappa shape index (κ3) is 3.38. The van der Waals surface area contributed by atoms with E-state index in [-0.39, 0.29) is 0 Å². The van der Waals surface area contributed by atoms with Gasteiger partial charge in [-0.25, -0.2) is 8.78 Å². The van der Waals surface area contributed by atoms with E-state index in [0.29, 0.717) is 18.8 Å². The molecule has 0 bridgehead atoms. The fraction of sp³-hybridized carbons (Fsp3) is 0.500. The van der Waals surface area contributed by atoms with Gasteiger partial charge < -0.3 is 14.2 Å². The van der Waals surface area contributed by atoms with Gasteiger partial charge in [-0.2, -0.15) is 0 Å². The van der Waals surface area contributed by atoms with Crippen LogP contribution in [-0.4, -0.2) is 20.3 Å². The van der Waals surface area contributed by atoms with Gasteiger partial charge in [-0.15, -0.1) is 0 Å². The summed E-state index contributed by atoms with van der Waals surface area (Å²) in [5.74, 6) is -1.95. The van der Waals surface area contributed by atoms with E-state index in [2.05, 4.69) is 4.74 Å². The van der Waals surface area contributed by atoms with Crippen molar-refractivity contribution in [3.63, 3.8) is 0 Å². The molecule has 1 rings (SSSR count). The maximum absolute atomic E-state index is 13.5. The zero-order chi connectivity index (χ0) is 12.8. The van der Waals surface area contributed by atoms with Gasteiger partial charge in [0.05, 0.1) is 7.11 Å². The van der Waals surface area contributed by atoms with Crippen LogP contribution in [-0.2, 0) is 9.47 Å². The molecule has 0 aliphatic heterocycles. The molecule has 0 spiro atoms. The fourth-order valence-corrected chi connectivity index (χ4v) is 1.45. The van der Waals surface area contributed by atoms with Crippen LogP contribution in [0.25, 0.3) is 0 Å². The molecule has 0 aromatic heterocycles. The van der Waals surface area contributed by atoms with E-state index in [0.717, 1.165) is 12.1 Å². The summed E-state index contributed by atoms with van der Waals surface area (Å²) in [4.78, 5) is 0. The van der Waals surface area contributed by atoms with Crippen LogP contribution < -0.4 is 4.74 Å². The summed E-state index contributed by atoms with van der Waals surface area (Å²) < 4.78 is 42.1. The van der Waals surface area contributed by atoms with Crippen LogP contribution in [0.3, 0.4) is 0 Å². The molecule has 5 heteroatoms. The second-order valence-corrected chi connectivity index (χ2v) is 3.26. The number of rotatable bonds is 6. The molecule has 1 aromatic carbocycles. The van der Waals surface area contributed by atoms with Crippen molar-refractivity contribution >= 4 is 0 Å². The van der Waals surface area contributed by atoms with Gasteiger partial charge in [0.2, 0.25) is 0 Å². The number of hydrogen-bond donors (Lipinski definition) is 0. The van der Waals surface area contributed by atoms with Gasteiger partial charge in [0, 0.05) is 18.8 Å². The molecule has 0 N–H and O–H groups in total. The van der Waals surface area contributed by atoms with Crippen molar-refractivity contribution in [1.29, 1.82) is 0 Å². The topological polar surface area (TPSA) is 27.7 Å². The highest BCUT2D eigenvalue weighted by Crippen LogP contribution is 2.27. The Bertz CT molecular complexity index is 340. The summed E-state index contributed by atoms with van der Waals surface area (Å²) in [5.41, 5.74) is 0.296. The predicted octanol–water partition coefficient (Wildman–Crippen LogP) is 3.05. The van der Waals surface area contributed by atoms with E-state index in [9.17, 15) is 8.78 Å².